The van der Waals surface area contributed by atoms with Crippen molar-refractivity contribution >= 4 is 11.8 Å². The van der Waals surface area contributed by atoms with E-state index in [2.05, 4.69) is 11.9 Å². The maximum atomic E-state index is 12.7. The van der Waals surface area contributed by atoms with E-state index in [1.54, 1.807) is 14.0 Å². The van der Waals surface area contributed by atoms with E-state index in [9.17, 15) is 9.59 Å². The zero-order valence-electron chi connectivity index (χ0n) is 14.6. The molecule has 5 heteroatoms. The number of hydrogen-bond donors (Lipinski definition) is 1. The van der Waals surface area contributed by atoms with Crippen LogP contribution in [0.15, 0.2) is 47.8 Å². The Morgan fingerprint density at radius 3 is 2.64 bits per heavy atom. The first-order valence-corrected chi connectivity index (χ1v) is 8.59. The number of benzene rings is 1. The number of hydrogen-bond acceptors (Lipinski definition) is 5. The minimum absolute atomic E-state index is 0.0939. The van der Waals surface area contributed by atoms with Gasteiger partial charge in [-0.15, -0.1) is 0 Å². The minimum Gasteiger partial charge on any atom is -0.497 e. The predicted molar refractivity (Wildman–Crippen MR) is 94.0 cm³/mol. The third-order valence-electron chi connectivity index (χ3n) is 4.80. The Morgan fingerprint density at radius 2 is 2.00 bits per heavy atom. The van der Waals surface area contributed by atoms with E-state index >= 15 is 0 Å². The molecule has 0 spiro atoms. The molecule has 2 atom stereocenters. The third kappa shape index (κ3) is 3.18. The largest absolute Gasteiger partial charge is 0.497 e. The van der Waals surface area contributed by atoms with E-state index in [1.807, 2.05) is 24.3 Å². The summed E-state index contributed by atoms with van der Waals surface area (Å²) in [6.07, 6.45) is 2.12. The molecular weight excluding hydrogens is 318 g/mol. The second-order valence-electron chi connectivity index (χ2n) is 6.30. The van der Waals surface area contributed by atoms with Crippen LogP contribution in [0, 0.1) is 5.92 Å². The Morgan fingerprint density at radius 1 is 1.28 bits per heavy atom. The van der Waals surface area contributed by atoms with Gasteiger partial charge in [0.25, 0.3) is 0 Å². The van der Waals surface area contributed by atoms with Crippen LogP contribution in [0.2, 0.25) is 0 Å². The molecule has 1 N–H and O–H groups in total. The summed E-state index contributed by atoms with van der Waals surface area (Å²) in [5.41, 5.74) is 3.07. The van der Waals surface area contributed by atoms with Gasteiger partial charge in [-0.3, -0.25) is 9.59 Å². The number of allylic oxidation sites excluding steroid dienone is 2. The highest BCUT2D eigenvalue weighted by Gasteiger charge is 2.43. The Labute approximate surface area is 147 Å². The Balaban J connectivity index is 2.11. The van der Waals surface area contributed by atoms with Crippen LogP contribution in [0.3, 0.4) is 0 Å². The van der Waals surface area contributed by atoms with Crippen LogP contribution in [-0.2, 0) is 14.3 Å². The zero-order valence-corrected chi connectivity index (χ0v) is 14.6. The highest BCUT2D eigenvalue weighted by Crippen LogP contribution is 2.44. The fraction of sp³-hybridized carbons (Fsp3) is 0.400. The van der Waals surface area contributed by atoms with E-state index in [0.717, 1.165) is 29.9 Å². The van der Waals surface area contributed by atoms with Crippen LogP contribution in [0.25, 0.3) is 0 Å². The van der Waals surface area contributed by atoms with Gasteiger partial charge in [0.2, 0.25) is 0 Å². The molecule has 132 valence electrons. The highest BCUT2D eigenvalue weighted by molar-refractivity contribution is 6.00. The van der Waals surface area contributed by atoms with Crippen molar-refractivity contribution in [3.8, 4) is 5.75 Å². The van der Waals surface area contributed by atoms with Gasteiger partial charge < -0.3 is 14.8 Å². The first-order chi connectivity index (χ1) is 12.1. The summed E-state index contributed by atoms with van der Waals surface area (Å²) in [5.74, 6) is -0.522. The molecule has 2 unspecified atom stereocenters. The molecule has 0 saturated carbocycles. The maximum absolute atomic E-state index is 12.7. The van der Waals surface area contributed by atoms with Gasteiger partial charge in [0.1, 0.15) is 11.7 Å². The molecule has 0 saturated heterocycles. The van der Waals surface area contributed by atoms with E-state index in [0.29, 0.717) is 17.7 Å². The smallest absolute Gasteiger partial charge is 0.315 e. The molecule has 1 aromatic carbocycles. The average Bonchev–Trinajstić information content (AvgIpc) is 2.61. The van der Waals surface area contributed by atoms with Gasteiger partial charge in [0.05, 0.1) is 13.7 Å². The Hall–Kier alpha value is -2.56. The van der Waals surface area contributed by atoms with Crippen molar-refractivity contribution in [2.24, 2.45) is 5.92 Å². The first-order valence-electron chi connectivity index (χ1n) is 8.59. The molecule has 1 aliphatic carbocycles. The molecule has 25 heavy (non-hydrogen) atoms. The van der Waals surface area contributed by atoms with E-state index in [1.165, 1.54) is 0 Å². The van der Waals surface area contributed by atoms with Gasteiger partial charge in [0, 0.05) is 29.3 Å². The third-order valence-corrected chi connectivity index (χ3v) is 4.80. The topological polar surface area (TPSA) is 64.6 Å². The number of methoxy groups -OCH3 is 1. The lowest BCUT2D eigenvalue weighted by Gasteiger charge is -2.38. The summed E-state index contributed by atoms with van der Waals surface area (Å²) in [5, 5.41) is 3.20. The summed E-state index contributed by atoms with van der Waals surface area (Å²) in [7, 11) is 1.61. The normalized spacial score (nSPS) is 23.0. The highest BCUT2D eigenvalue weighted by atomic mass is 16.5. The Kier molecular flexibility index (Phi) is 4.93. The summed E-state index contributed by atoms with van der Waals surface area (Å²) in [6, 6.07) is 7.49. The van der Waals surface area contributed by atoms with Crippen molar-refractivity contribution in [2.45, 2.75) is 32.1 Å². The number of ketones is 1. The lowest BCUT2D eigenvalue weighted by atomic mass is 9.71. The van der Waals surface area contributed by atoms with Crippen molar-refractivity contribution in [3.05, 3.63) is 53.4 Å². The molecule has 1 heterocycles. The second kappa shape index (κ2) is 7.13. The predicted octanol–water partition coefficient (Wildman–Crippen LogP) is 3.08. The molecule has 0 bridgehead atoms. The SMILES string of the molecule is C=C1NC2=C(C(=O)CCC2)C(c2ccc(OC)cc2)C1C(=O)OCC. The van der Waals surface area contributed by atoms with E-state index in [-0.39, 0.29) is 24.3 Å². The number of Topliss-reactive ketones (excluding diaryl/α,β-unsaturated/α-hetero) is 1. The van der Waals surface area contributed by atoms with Crippen molar-refractivity contribution in [1.29, 1.82) is 0 Å². The van der Waals surface area contributed by atoms with Gasteiger partial charge in [0.15, 0.2) is 5.78 Å². The van der Waals surface area contributed by atoms with E-state index < -0.39 is 5.92 Å². The molecule has 3 rings (SSSR count). The zero-order chi connectivity index (χ0) is 18.0. The fourth-order valence-electron chi connectivity index (χ4n) is 3.67. The van der Waals surface area contributed by atoms with Gasteiger partial charge in [-0.2, -0.15) is 0 Å². The number of nitrogens with one attached hydrogen (secondary N) is 1. The van der Waals surface area contributed by atoms with Crippen LogP contribution in [0.5, 0.6) is 5.75 Å². The van der Waals surface area contributed by atoms with Gasteiger partial charge in [-0.1, -0.05) is 18.7 Å². The molecule has 1 aliphatic heterocycles. The number of rotatable bonds is 4. The Bertz CT molecular complexity index is 733. The molecule has 0 amide bonds. The molecule has 2 aliphatic rings. The quantitative estimate of drug-likeness (QED) is 0.853. The van der Waals surface area contributed by atoms with Gasteiger partial charge >= 0.3 is 5.97 Å². The van der Waals surface area contributed by atoms with Crippen LogP contribution < -0.4 is 10.1 Å². The summed E-state index contributed by atoms with van der Waals surface area (Å²) in [6.45, 7) is 6.11. The lowest BCUT2D eigenvalue weighted by Crippen LogP contribution is -2.41. The molecule has 1 aromatic rings. The molecule has 0 fully saturated rings. The van der Waals surface area contributed by atoms with E-state index in [4.69, 9.17) is 9.47 Å². The van der Waals surface area contributed by atoms with Gasteiger partial charge in [-0.25, -0.2) is 0 Å². The maximum Gasteiger partial charge on any atom is 0.315 e. The summed E-state index contributed by atoms with van der Waals surface area (Å²) < 4.78 is 10.5. The lowest BCUT2D eigenvalue weighted by molar-refractivity contribution is -0.147. The number of carbonyl (C=O) groups is 2. The van der Waals surface area contributed by atoms with Crippen molar-refractivity contribution < 1.29 is 19.1 Å². The molecule has 0 radical (unpaired) electrons. The van der Waals surface area contributed by atoms with Crippen LogP contribution >= 0.6 is 0 Å². The number of ether oxygens (including phenoxy) is 2. The number of esters is 1. The molecule has 0 aromatic heterocycles. The molecule has 5 nitrogen and oxygen atoms in total. The minimum atomic E-state index is -0.617. The number of carbonyl (C=O) groups excluding carboxylic acids is 2. The van der Waals surface area contributed by atoms with Crippen LogP contribution in [-0.4, -0.2) is 25.5 Å². The van der Waals surface area contributed by atoms with Gasteiger partial charge in [-0.05, 0) is 37.5 Å². The first kappa shape index (κ1) is 17.3. The van der Waals surface area contributed by atoms with Crippen molar-refractivity contribution in [3.63, 3.8) is 0 Å². The monoisotopic (exact) mass is 341 g/mol. The fourth-order valence-corrected chi connectivity index (χ4v) is 3.67. The van der Waals surface area contributed by atoms with Crippen molar-refractivity contribution in [2.75, 3.05) is 13.7 Å². The standard InChI is InChI=1S/C20H23NO4/c1-4-25-20(23)17-12(2)21-15-6-5-7-16(22)19(15)18(17)13-8-10-14(24-3)11-9-13/h8-11,17-18,21H,2,4-7H2,1,3H3. The average molecular weight is 341 g/mol. The molecular formula is C20H23NO4. The van der Waals surface area contributed by atoms with Crippen LogP contribution in [0.4, 0.5) is 0 Å². The van der Waals surface area contributed by atoms with Crippen LogP contribution in [0.1, 0.15) is 37.7 Å². The summed E-state index contributed by atoms with van der Waals surface area (Å²) >= 11 is 0. The summed E-state index contributed by atoms with van der Waals surface area (Å²) in [4.78, 5) is 25.3. The second-order valence-corrected chi connectivity index (χ2v) is 6.30. The van der Waals surface area contributed by atoms with Crippen molar-refractivity contribution in [1.82, 2.24) is 5.32 Å².